The second-order valence-corrected chi connectivity index (χ2v) is 5.44. The third-order valence-corrected chi connectivity index (χ3v) is 3.35. The number of nitrogen functional groups attached to an aromatic ring is 1. The monoisotopic (exact) mass is 318 g/mol. The van der Waals surface area contributed by atoms with Gasteiger partial charge in [-0.05, 0) is 12.0 Å². The van der Waals surface area contributed by atoms with E-state index in [1.807, 2.05) is 18.4 Å². The van der Waals surface area contributed by atoms with Gasteiger partial charge in [-0.2, -0.15) is 0 Å². The van der Waals surface area contributed by atoms with Crippen molar-refractivity contribution in [1.82, 2.24) is 24.8 Å². The summed E-state index contributed by atoms with van der Waals surface area (Å²) in [6, 6.07) is 1.67. The van der Waals surface area contributed by atoms with Gasteiger partial charge in [0.2, 0.25) is 5.95 Å². The predicted octanol–water partition coefficient (Wildman–Crippen LogP) is 0.955. The van der Waals surface area contributed by atoms with E-state index in [2.05, 4.69) is 20.3 Å². The Morgan fingerprint density at radius 2 is 2.22 bits per heavy atom. The number of methoxy groups -OCH3 is 1. The number of aromatic nitrogens is 4. The lowest BCUT2D eigenvalue weighted by Gasteiger charge is -2.10. The van der Waals surface area contributed by atoms with Crippen LogP contribution < -0.4 is 11.1 Å². The maximum atomic E-state index is 12.3. The molecule has 2 aromatic heterocycles. The van der Waals surface area contributed by atoms with Crippen molar-refractivity contribution in [2.24, 2.45) is 0 Å². The predicted molar refractivity (Wildman–Crippen MR) is 85.8 cm³/mol. The highest BCUT2D eigenvalue weighted by Gasteiger charge is 2.13. The number of carbonyl (C=O) groups is 1. The molecule has 3 N–H and O–H groups in total. The molecule has 124 valence electrons. The number of imidazole rings is 1. The molecule has 8 heteroatoms. The van der Waals surface area contributed by atoms with Gasteiger partial charge >= 0.3 is 0 Å². The van der Waals surface area contributed by atoms with Gasteiger partial charge in [0.25, 0.3) is 5.91 Å². The Morgan fingerprint density at radius 1 is 1.43 bits per heavy atom. The molecule has 0 aliphatic heterocycles. The van der Waals surface area contributed by atoms with Crippen LogP contribution in [0.5, 0.6) is 0 Å². The molecule has 0 aliphatic carbocycles. The van der Waals surface area contributed by atoms with E-state index in [0.717, 1.165) is 11.4 Å². The first kappa shape index (κ1) is 16.9. The molecule has 2 heterocycles. The molecule has 0 saturated carbocycles. The van der Waals surface area contributed by atoms with E-state index in [1.165, 1.54) is 0 Å². The second-order valence-electron chi connectivity index (χ2n) is 5.44. The van der Waals surface area contributed by atoms with Crippen LogP contribution in [0.3, 0.4) is 0 Å². The van der Waals surface area contributed by atoms with Crippen molar-refractivity contribution < 1.29 is 9.53 Å². The van der Waals surface area contributed by atoms with E-state index >= 15 is 0 Å². The molecule has 2 rings (SSSR count). The molecule has 2 aromatic rings. The summed E-state index contributed by atoms with van der Waals surface area (Å²) in [6.07, 6.45) is 3.42. The molecule has 0 atom stereocenters. The molecule has 1 amide bonds. The first-order valence-electron chi connectivity index (χ1n) is 7.42. The SMILES string of the molecule is COCCn1cncc1CNC(=O)c1cc(C(C)C)nc(N)n1. The number of carbonyl (C=O) groups excluding carboxylic acids is 1. The normalized spacial score (nSPS) is 11.0. The molecule has 0 aromatic carbocycles. The largest absolute Gasteiger partial charge is 0.383 e. The lowest BCUT2D eigenvalue weighted by Crippen LogP contribution is -2.26. The van der Waals surface area contributed by atoms with Crippen LogP contribution >= 0.6 is 0 Å². The Kier molecular flexibility index (Phi) is 5.64. The van der Waals surface area contributed by atoms with Crippen LogP contribution in [0, 0.1) is 0 Å². The van der Waals surface area contributed by atoms with Gasteiger partial charge in [-0.1, -0.05) is 13.8 Å². The minimum atomic E-state index is -0.291. The lowest BCUT2D eigenvalue weighted by atomic mass is 10.1. The minimum absolute atomic E-state index is 0.103. The highest BCUT2D eigenvalue weighted by atomic mass is 16.5. The van der Waals surface area contributed by atoms with Crippen molar-refractivity contribution >= 4 is 11.9 Å². The number of hydrogen-bond donors (Lipinski definition) is 2. The van der Waals surface area contributed by atoms with Gasteiger partial charge in [-0.3, -0.25) is 4.79 Å². The van der Waals surface area contributed by atoms with Gasteiger partial charge in [-0.25, -0.2) is 15.0 Å². The van der Waals surface area contributed by atoms with Gasteiger partial charge in [0.1, 0.15) is 5.69 Å². The molecule has 0 spiro atoms. The van der Waals surface area contributed by atoms with Gasteiger partial charge in [-0.15, -0.1) is 0 Å². The summed E-state index contributed by atoms with van der Waals surface area (Å²) < 4.78 is 6.98. The zero-order valence-corrected chi connectivity index (χ0v) is 13.6. The third kappa shape index (κ3) is 4.49. The fourth-order valence-electron chi connectivity index (χ4n) is 2.05. The van der Waals surface area contributed by atoms with Crippen LogP contribution in [-0.2, 0) is 17.8 Å². The Morgan fingerprint density at radius 3 is 2.91 bits per heavy atom. The number of nitrogens with zero attached hydrogens (tertiary/aromatic N) is 4. The van der Waals surface area contributed by atoms with Gasteiger partial charge in [0, 0.05) is 25.5 Å². The molecular weight excluding hydrogens is 296 g/mol. The number of anilines is 1. The van der Waals surface area contributed by atoms with Crippen molar-refractivity contribution in [2.45, 2.75) is 32.9 Å². The summed E-state index contributed by atoms with van der Waals surface area (Å²) >= 11 is 0. The molecule has 8 nitrogen and oxygen atoms in total. The van der Waals surface area contributed by atoms with Crippen molar-refractivity contribution in [3.63, 3.8) is 0 Å². The average molecular weight is 318 g/mol. The van der Waals surface area contributed by atoms with Crippen LogP contribution in [0.1, 0.15) is 41.6 Å². The second kappa shape index (κ2) is 7.68. The van der Waals surface area contributed by atoms with E-state index < -0.39 is 0 Å². The number of nitrogens with two attached hydrogens (primary N) is 1. The van der Waals surface area contributed by atoms with Crippen LogP contribution in [0.15, 0.2) is 18.6 Å². The fraction of sp³-hybridized carbons (Fsp3) is 0.467. The van der Waals surface area contributed by atoms with Crippen LogP contribution in [0.25, 0.3) is 0 Å². The van der Waals surface area contributed by atoms with Gasteiger partial charge in [0.15, 0.2) is 0 Å². The van der Waals surface area contributed by atoms with Crippen molar-refractivity contribution in [3.8, 4) is 0 Å². The molecule has 0 aliphatic rings. The first-order chi connectivity index (χ1) is 11.0. The van der Waals surface area contributed by atoms with E-state index in [0.29, 0.717) is 19.7 Å². The Bertz CT molecular complexity index is 668. The summed E-state index contributed by atoms with van der Waals surface area (Å²) in [5.41, 5.74) is 7.58. The van der Waals surface area contributed by atoms with Gasteiger partial charge < -0.3 is 20.4 Å². The number of nitrogens with one attached hydrogen (secondary N) is 1. The standard InChI is InChI=1S/C15H22N6O2/c1-10(2)12-6-13(20-15(16)19-12)14(22)18-8-11-7-17-9-21(11)4-5-23-3/h6-7,9-10H,4-5,8H2,1-3H3,(H,18,22)(H2,16,19,20). The molecule has 23 heavy (non-hydrogen) atoms. The van der Waals surface area contributed by atoms with E-state index in [1.54, 1.807) is 25.7 Å². The smallest absolute Gasteiger partial charge is 0.270 e. The van der Waals surface area contributed by atoms with Gasteiger partial charge in [0.05, 0.1) is 25.2 Å². The molecular formula is C15H22N6O2. The highest BCUT2D eigenvalue weighted by molar-refractivity contribution is 5.92. The van der Waals surface area contributed by atoms with Crippen LogP contribution in [0.4, 0.5) is 5.95 Å². The first-order valence-corrected chi connectivity index (χ1v) is 7.42. The Balaban J connectivity index is 2.04. The summed E-state index contributed by atoms with van der Waals surface area (Å²) in [4.78, 5) is 24.5. The maximum Gasteiger partial charge on any atom is 0.270 e. The summed E-state index contributed by atoms with van der Waals surface area (Å²) in [5.74, 6) is -0.0192. The quantitative estimate of drug-likeness (QED) is 0.787. The summed E-state index contributed by atoms with van der Waals surface area (Å²) in [7, 11) is 1.64. The fourth-order valence-corrected chi connectivity index (χ4v) is 2.05. The molecule has 0 saturated heterocycles. The Hall–Kier alpha value is -2.48. The van der Waals surface area contributed by atoms with E-state index in [9.17, 15) is 4.79 Å². The van der Waals surface area contributed by atoms with Crippen molar-refractivity contribution in [3.05, 3.63) is 35.7 Å². The maximum absolute atomic E-state index is 12.3. The summed E-state index contributed by atoms with van der Waals surface area (Å²) in [6.45, 7) is 5.58. The highest BCUT2D eigenvalue weighted by Crippen LogP contribution is 2.13. The molecule has 0 bridgehead atoms. The molecule has 0 radical (unpaired) electrons. The third-order valence-electron chi connectivity index (χ3n) is 3.35. The number of hydrogen-bond acceptors (Lipinski definition) is 6. The molecule has 0 fully saturated rings. The average Bonchev–Trinajstić information content (AvgIpc) is 2.97. The zero-order valence-electron chi connectivity index (χ0n) is 13.6. The Labute approximate surface area is 135 Å². The van der Waals surface area contributed by atoms with Crippen LogP contribution in [0.2, 0.25) is 0 Å². The zero-order chi connectivity index (χ0) is 16.8. The number of ether oxygens (including phenoxy) is 1. The topological polar surface area (TPSA) is 108 Å². The van der Waals surface area contributed by atoms with E-state index in [4.69, 9.17) is 10.5 Å². The number of amides is 1. The molecule has 0 unspecified atom stereocenters. The minimum Gasteiger partial charge on any atom is -0.383 e. The van der Waals surface area contributed by atoms with E-state index in [-0.39, 0.29) is 23.5 Å². The summed E-state index contributed by atoms with van der Waals surface area (Å²) in [5, 5.41) is 2.83. The number of rotatable bonds is 7. The lowest BCUT2D eigenvalue weighted by molar-refractivity contribution is 0.0944. The van der Waals surface area contributed by atoms with Crippen LogP contribution in [-0.4, -0.2) is 39.1 Å². The van der Waals surface area contributed by atoms with Crippen molar-refractivity contribution in [1.29, 1.82) is 0 Å². The van der Waals surface area contributed by atoms with Crippen molar-refractivity contribution in [2.75, 3.05) is 19.5 Å².